The zero-order valence-electron chi connectivity index (χ0n) is 13.0. The molecule has 0 aliphatic carbocycles. The number of carbonyl (C=O) groups excluding carboxylic acids is 1. The lowest BCUT2D eigenvalue weighted by Gasteiger charge is -2.15. The fraction of sp³-hybridized carbons (Fsp3) is 0.353. The van der Waals surface area contributed by atoms with E-state index < -0.39 is 0 Å². The number of carbonyl (C=O) groups is 1. The van der Waals surface area contributed by atoms with Crippen LogP contribution in [0.1, 0.15) is 19.3 Å². The average molecular weight is 311 g/mol. The second-order valence-corrected chi connectivity index (χ2v) is 5.52. The maximum atomic E-state index is 11.5. The molecule has 0 radical (unpaired) electrons. The lowest BCUT2D eigenvalue weighted by molar-refractivity contribution is -0.127. The van der Waals surface area contributed by atoms with E-state index in [0.717, 1.165) is 44.0 Å². The maximum Gasteiger partial charge on any atom is 0.224 e. The molecule has 0 bridgehead atoms. The van der Waals surface area contributed by atoms with E-state index in [0.29, 0.717) is 12.4 Å². The highest BCUT2D eigenvalue weighted by molar-refractivity contribution is 5.78. The number of nitrogens with zero attached hydrogens (tertiary/aromatic N) is 3. The van der Waals surface area contributed by atoms with Crippen LogP contribution in [-0.4, -0.2) is 40.4 Å². The molecule has 120 valence electrons. The Balaban J connectivity index is 1.47. The molecule has 6 heteroatoms. The number of aromatic nitrogens is 2. The number of hydrogen-bond donors (Lipinski definition) is 2. The van der Waals surface area contributed by atoms with Crippen molar-refractivity contribution in [1.29, 1.82) is 0 Å². The number of amides is 1. The van der Waals surface area contributed by atoms with Crippen molar-refractivity contribution in [2.45, 2.75) is 19.3 Å². The van der Waals surface area contributed by atoms with Crippen LogP contribution in [0.4, 0.5) is 17.5 Å². The van der Waals surface area contributed by atoms with Gasteiger partial charge in [0.05, 0.1) is 0 Å². The first-order valence-electron chi connectivity index (χ1n) is 7.98. The molecular formula is C17H21N5O. The fourth-order valence-electron chi connectivity index (χ4n) is 2.59. The molecule has 2 aromatic rings. The molecule has 1 aliphatic rings. The molecule has 23 heavy (non-hydrogen) atoms. The summed E-state index contributed by atoms with van der Waals surface area (Å²) in [7, 11) is 0. The van der Waals surface area contributed by atoms with Crippen molar-refractivity contribution in [3.63, 3.8) is 0 Å². The molecule has 1 aliphatic heterocycles. The molecule has 2 heterocycles. The highest BCUT2D eigenvalue weighted by Crippen LogP contribution is 2.14. The van der Waals surface area contributed by atoms with E-state index in [2.05, 4.69) is 20.6 Å². The summed E-state index contributed by atoms with van der Waals surface area (Å²) in [6, 6.07) is 11.7. The molecule has 1 saturated heterocycles. The first-order chi connectivity index (χ1) is 11.3. The second-order valence-electron chi connectivity index (χ2n) is 5.52. The van der Waals surface area contributed by atoms with E-state index in [-0.39, 0.29) is 5.91 Å². The zero-order chi connectivity index (χ0) is 15.9. The van der Waals surface area contributed by atoms with Gasteiger partial charge in [-0.1, -0.05) is 18.2 Å². The van der Waals surface area contributed by atoms with Gasteiger partial charge in [-0.25, -0.2) is 4.98 Å². The van der Waals surface area contributed by atoms with Gasteiger partial charge in [0.2, 0.25) is 11.9 Å². The summed E-state index contributed by atoms with van der Waals surface area (Å²) in [5.41, 5.74) is 0.990. The second kappa shape index (κ2) is 7.58. The monoisotopic (exact) mass is 311 g/mol. The minimum atomic E-state index is 0.273. The number of rotatable bonds is 7. The highest BCUT2D eigenvalue weighted by atomic mass is 16.2. The molecule has 0 saturated carbocycles. The lowest BCUT2D eigenvalue weighted by atomic mass is 10.3. The normalized spacial score (nSPS) is 14.1. The van der Waals surface area contributed by atoms with Gasteiger partial charge in [0.1, 0.15) is 5.82 Å². The topological polar surface area (TPSA) is 70.2 Å². The van der Waals surface area contributed by atoms with Crippen molar-refractivity contribution in [1.82, 2.24) is 14.9 Å². The van der Waals surface area contributed by atoms with E-state index in [1.807, 2.05) is 41.3 Å². The Morgan fingerprint density at radius 2 is 2.04 bits per heavy atom. The molecular weight excluding hydrogens is 290 g/mol. The molecule has 6 nitrogen and oxygen atoms in total. The minimum absolute atomic E-state index is 0.273. The van der Waals surface area contributed by atoms with Crippen LogP contribution < -0.4 is 10.6 Å². The molecule has 0 unspecified atom stereocenters. The summed E-state index contributed by atoms with van der Waals surface area (Å²) in [5, 5.41) is 6.45. The molecule has 1 aromatic carbocycles. The van der Waals surface area contributed by atoms with Gasteiger partial charge in [0.15, 0.2) is 0 Å². The molecule has 1 aromatic heterocycles. The standard InChI is InChI=1S/C17H21N5O/c23-16-8-4-12-22(16)13-5-10-18-17-19-11-9-15(21-17)20-14-6-2-1-3-7-14/h1-3,6-7,9,11H,4-5,8,10,12-13H2,(H2,18,19,20,21). The Labute approximate surface area is 135 Å². The Bertz CT molecular complexity index is 646. The number of para-hydroxylation sites is 1. The Hall–Kier alpha value is -2.63. The number of benzene rings is 1. The lowest BCUT2D eigenvalue weighted by Crippen LogP contribution is -2.27. The van der Waals surface area contributed by atoms with Crippen LogP contribution in [0.3, 0.4) is 0 Å². The first kappa shape index (κ1) is 15.3. The predicted octanol–water partition coefficient (Wildman–Crippen LogP) is 2.64. The Kier molecular flexibility index (Phi) is 5.03. The molecule has 0 spiro atoms. The summed E-state index contributed by atoms with van der Waals surface area (Å²) >= 11 is 0. The zero-order valence-corrected chi connectivity index (χ0v) is 13.0. The van der Waals surface area contributed by atoms with Gasteiger partial charge < -0.3 is 15.5 Å². The summed E-state index contributed by atoms with van der Waals surface area (Å²) in [4.78, 5) is 22.1. The number of likely N-dealkylation sites (tertiary alicyclic amines) is 1. The number of nitrogens with one attached hydrogen (secondary N) is 2. The van der Waals surface area contributed by atoms with Gasteiger partial charge in [0.25, 0.3) is 0 Å². The van der Waals surface area contributed by atoms with E-state index in [1.54, 1.807) is 6.20 Å². The molecule has 1 fully saturated rings. The Morgan fingerprint density at radius 1 is 1.17 bits per heavy atom. The Morgan fingerprint density at radius 3 is 2.83 bits per heavy atom. The highest BCUT2D eigenvalue weighted by Gasteiger charge is 2.18. The third-order valence-corrected chi connectivity index (χ3v) is 3.76. The van der Waals surface area contributed by atoms with Gasteiger partial charge in [0, 0.05) is 37.9 Å². The molecule has 3 rings (SSSR count). The van der Waals surface area contributed by atoms with Crippen LogP contribution in [0, 0.1) is 0 Å². The summed E-state index contributed by atoms with van der Waals surface area (Å²) in [6.45, 7) is 2.44. The van der Waals surface area contributed by atoms with Crippen molar-refractivity contribution < 1.29 is 4.79 Å². The van der Waals surface area contributed by atoms with E-state index in [1.165, 1.54) is 0 Å². The third kappa shape index (κ3) is 4.42. The summed E-state index contributed by atoms with van der Waals surface area (Å²) in [5.74, 6) is 1.62. The van der Waals surface area contributed by atoms with Gasteiger partial charge in [-0.05, 0) is 31.0 Å². The van der Waals surface area contributed by atoms with Crippen LogP contribution in [-0.2, 0) is 4.79 Å². The first-order valence-corrected chi connectivity index (χ1v) is 7.98. The summed E-state index contributed by atoms with van der Waals surface area (Å²) < 4.78 is 0. The van der Waals surface area contributed by atoms with Crippen LogP contribution >= 0.6 is 0 Å². The van der Waals surface area contributed by atoms with Gasteiger partial charge in [-0.15, -0.1) is 0 Å². The van der Waals surface area contributed by atoms with Gasteiger partial charge >= 0.3 is 0 Å². The van der Waals surface area contributed by atoms with E-state index >= 15 is 0 Å². The van der Waals surface area contributed by atoms with Crippen LogP contribution in [0.25, 0.3) is 0 Å². The van der Waals surface area contributed by atoms with E-state index in [4.69, 9.17) is 0 Å². The van der Waals surface area contributed by atoms with Crippen molar-refractivity contribution in [2.24, 2.45) is 0 Å². The molecule has 1 amide bonds. The van der Waals surface area contributed by atoms with Crippen LogP contribution in [0.15, 0.2) is 42.6 Å². The van der Waals surface area contributed by atoms with E-state index in [9.17, 15) is 4.79 Å². The number of anilines is 3. The maximum absolute atomic E-state index is 11.5. The smallest absolute Gasteiger partial charge is 0.224 e. The number of hydrogen-bond acceptors (Lipinski definition) is 5. The van der Waals surface area contributed by atoms with Crippen molar-refractivity contribution in [3.8, 4) is 0 Å². The van der Waals surface area contributed by atoms with Gasteiger partial charge in [-0.3, -0.25) is 4.79 Å². The van der Waals surface area contributed by atoms with Crippen molar-refractivity contribution in [3.05, 3.63) is 42.6 Å². The SMILES string of the molecule is O=C1CCCN1CCCNc1nccc(Nc2ccccc2)n1. The molecule has 0 atom stereocenters. The average Bonchev–Trinajstić information content (AvgIpc) is 2.98. The minimum Gasteiger partial charge on any atom is -0.354 e. The van der Waals surface area contributed by atoms with Gasteiger partial charge in [-0.2, -0.15) is 4.98 Å². The third-order valence-electron chi connectivity index (χ3n) is 3.76. The molecule has 2 N–H and O–H groups in total. The van der Waals surface area contributed by atoms with Crippen LogP contribution in [0.2, 0.25) is 0 Å². The van der Waals surface area contributed by atoms with Crippen LogP contribution in [0.5, 0.6) is 0 Å². The van der Waals surface area contributed by atoms with Crippen molar-refractivity contribution in [2.75, 3.05) is 30.3 Å². The quantitative estimate of drug-likeness (QED) is 0.769. The fourth-order valence-corrected chi connectivity index (χ4v) is 2.59. The van der Waals surface area contributed by atoms with Crippen molar-refractivity contribution >= 4 is 23.4 Å². The largest absolute Gasteiger partial charge is 0.354 e. The predicted molar refractivity (Wildman–Crippen MR) is 90.7 cm³/mol. The summed E-state index contributed by atoms with van der Waals surface area (Å²) in [6.07, 6.45) is 4.31.